The summed E-state index contributed by atoms with van der Waals surface area (Å²) >= 11 is 0. The third-order valence-corrected chi connectivity index (χ3v) is 15.4. The van der Waals surface area contributed by atoms with Gasteiger partial charge in [0.15, 0.2) is 0 Å². The van der Waals surface area contributed by atoms with Crippen molar-refractivity contribution in [1.29, 1.82) is 0 Å². The summed E-state index contributed by atoms with van der Waals surface area (Å²) in [7, 11) is -0.509. The van der Waals surface area contributed by atoms with Crippen molar-refractivity contribution in [3.63, 3.8) is 0 Å². The molecule has 3 aliphatic carbocycles. The van der Waals surface area contributed by atoms with Crippen LogP contribution < -0.4 is 5.46 Å². The van der Waals surface area contributed by atoms with Crippen molar-refractivity contribution < 1.29 is 9.31 Å². The van der Waals surface area contributed by atoms with Gasteiger partial charge in [-0.15, -0.1) is 0 Å². The van der Waals surface area contributed by atoms with E-state index in [1.165, 1.54) is 77.9 Å². The monoisotopic (exact) mass is 891 g/mol. The number of hydrogen-bond acceptors (Lipinski definition) is 2. The summed E-state index contributed by atoms with van der Waals surface area (Å²) in [6.07, 6.45) is 23.4. The highest BCUT2D eigenvalue weighted by Gasteiger charge is 2.52. The summed E-state index contributed by atoms with van der Waals surface area (Å²) in [5.74, 6) is 0.567. The van der Waals surface area contributed by atoms with E-state index in [0.29, 0.717) is 5.92 Å². The minimum absolute atomic E-state index is 0.0793. The van der Waals surface area contributed by atoms with Gasteiger partial charge in [0.2, 0.25) is 0 Å². The molecule has 0 amide bonds. The maximum atomic E-state index is 6.86. The highest BCUT2D eigenvalue weighted by Crippen LogP contribution is 2.43. The van der Waals surface area contributed by atoms with Gasteiger partial charge >= 0.3 is 7.12 Å². The molecule has 3 heteroatoms. The van der Waals surface area contributed by atoms with Gasteiger partial charge in [0, 0.05) is 11.8 Å². The molecule has 0 spiro atoms. The van der Waals surface area contributed by atoms with E-state index in [4.69, 9.17) is 9.31 Å². The van der Waals surface area contributed by atoms with E-state index in [9.17, 15) is 0 Å². The van der Waals surface area contributed by atoms with Gasteiger partial charge in [0.1, 0.15) is 0 Å². The van der Waals surface area contributed by atoms with Crippen LogP contribution in [0.25, 0.3) is 39.0 Å². The Labute approximate surface area is 406 Å². The minimum Gasteiger partial charge on any atom is -0.399 e. The molecule has 0 radical (unpaired) electrons. The lowest BCUT2D eigenvalue weighted by Crippen LogP contribution is -2.41. The summed E-state index contributed by atoms with van der Waals surface area (Å²) in [6.45, 7) is 36.4. The first-order chi connectivity index (χ1) is 31.1. The molecule has 0 bridgehead atoms. The van der Waals surface area contributed by atoms with E-state index in [1.807, 2.05) is 0 Å². The van der Waals surface area contributed by atoms with E-state index in [2.05, 4.69) is 238 Å². The Morgan fingerprint density at radius 3 is 1.28 bits per heavy atom. The third kappa shape index (κ3) is 10.6. The van der Waals surface area contributed by atoms with Crippen molar-refractivity contribution in [3.05, 3.63) is 166 Å². The Bertz CT molecular complexity index is 2700. The standard InChI is InChI=1S/C64H79BO2/c1-59(2,3)54-25-17-42(18-26-54)46-33-47(43-19-27-55(28-20-43)60(4,5)6)36-50(35-46)52-39-53(41-58(40-52)65-66-63(13,14)64(15,16)67-65)51-37-48(44-21-29-56(30-22-44)61(7,8)9)34-49(38-51)45-23-31-57(32-24-45)62(10,11)12/h17-19,21,23,25-31,33-41,43-44H,20,22,24,32H2,1-16H3. The maximum absolute atomic E-state index is 6.86. The molecule has 8 rings (SSSR count). The van der Waals surface area contributed by atoms with Crippen LogP contribution >= 0.6 is 0 Å². The van der Waals surface area contributed by atoms with Gasteiger partial charge in [-0.3, -0.25) is 0 Å². The van der Waals surface area contributed by atoms with Crippen molar-refractivity contribution >= 4 is 18.2 Å². The van der Waals surface area contributed by atoms with Gasteiger partial charge in [-0.1, -0.05) is 198 Å². The van der Waals surface area contributed by atoms with Gasteiger partial charge in [0.25, 0.3) is 0 Å². The largest absolute Gasteiger partial charge is 0.494 e. The second-order valence-corrected chi connectivity index (χ2v) is 25.3. The molecule has 2 unspecified atom stereocenters. The quantitative estimate of drug-likeness (QED) is 0.172. The van der Waals surface area contributed by atoms with Crippen LogP contribution in [0.3, 0.4) is 0 Å². The number of benzene rings is 4. The molecular weight excluding hydrogens is 812 g/mol. The van der Waals surface area contributed by atoms with Crippen LogP contribution in [-0.2, 0) is 14.7 Å². The molecule has 1 aliphatic heterocycles. The molecule has 4 aromatic rings. The summed E-state index contributed by atoms with van der Waals surface area (Å²) in [5, 5.41) is 0. The Hall–Kier alpha value is -4.70. The fraction of sp³-hybridized carbons (Fsp3) is 0.438. The molecule has 0 aromatic heterocycles. The average Bonchev–Trinajstić information content (AvgIpc) is 3.50. The smallest absolute Gasteiger partial charge is 0.399 e. The Kier molecular flexibility index (Phi) is 12.9. The SMILES string of the molecule is CC(C)(C)C1=CCC(c2cc(C3=CC=C(C(C)(C)C)CC3)cc(-c3cc(B4OC(C)(C)C(C)(C)O4)cc(-c4cc(-c5ccc(C(C)(C)C)cc5)cc(C5C=CC(C(C)(C)C)=CC5)c4)c3)c2)C=C1. The predicted octanol–water partition coefficient (Wildman–Crippen LogP) is 17.5. The zero-order valence-electron chi connectivity index (χ0n) is 44.0. The fourth-order valence-corrected chi connectivity index (χ4v) is 10.0. The third-order valence-electron chi connectivity index (χ3n) is 15.4. The van der Waals surface area contributed by atoms with Crippen LogP contribution in [0.1, 0.15) is 171 Å². The lowest BCUT2D eigenvalue weighted by Gasteiger charge is -2.32. The molecule has 67 heavy (non-hydrogen) atoms. The number of allylic oxidation sites excluding steroid dienone is 12. The van der Waals surface area contributed by atoms with Gasteiger partial charge in [-0.2, -0.15) is 0 Å². The van der Waals surface area contributed by atoms with E-state index in [-0.39, 0.29) is 27.6 Å². The lowest BCUT2D eigenvalue weighted by molar-refractivity contribution is 0.00578. The lowest BCUT2D eigenvalue weighted by atomic mass is 9.75. The molecule has 0 N–H and O–H groups in total. The van der Waals surface area contributed by atoms with Crippen LogP contribution in [0, 0.1) is 16.2 Å². The van der Waals surface area contributed by atoms with Gasteiger partial charge in [-0.25, -0.2) is 0 Å². The summed E-state index contributed by atoms with van der Waals surface area (Å²) in [6, 6.07) is 31.0. The Balaban J connectivity index is 1.31. The van der Waals surface area contributed by atoms with Crippen molar-refractivity contribution in [2.24, 2.45) is 16.2 Å². The molecule has 1 heterocycles. The summed E-state index contributed by atoms with van der Waals surface area (Å²) in [4.78, 5) is 0. The Morgan fingerprint density at radius 1 is 0.463 bits per heavy atom. The van der Waals surface area contributed by atoms with E-state index < -0.39 is 18.3 Å². The fourth-order valence-electron chi connectivity index (χ4n) is 10.0. The first-order valence-corrected chi connectivity index (χ1v) is 25.3. The van der Waals surface area contributed by atoms with Crippen LogP contribution in [0.2, 0.25) is 0 Å². The van der Waals surface area contributed by atoms with Crippen LogP contribution in [0.15, 0.2) is 144 Å². The first-order valence-electron chi connectivity index (χ1n) is 25.3. The topological polar surface area (TPSA) is 18.5 Å². The maximum Gasteiger partial charge on any atom is 0.494 e. The first kappa shape index (κ1) is 48.8. The van der Waals surface area contributed by atoms with Crippen LogP contribution in [0.4, 0.5) is 0 Å². The normalized spacial score (nSPS) is 20.9. The van der Waals surface area contributed by atoms with E-state index in [1.54, 1.807) is 0 Å². The van der Waals surface area contributed by atoms with Crippen molar-refractivity contribution in [3.8, 4) is 33.4 Å². The van der Waals surface area contributed by atoms with Crippen molar-refractivity contribution in [2.75, 3.05) is 0 Å². The molecule has 2 atom stereocenters. The number of rotatable bonds is 7. The second-order valence-electron chi connectivity index (χ2n) is 25.3. The van der Waals surface area contributed by atoms with Crippen LogP contribution in [0.5, 0.6) is 0 Å². The summed E-state index contributed by atoms with van der Waals surface area (Å²) in [5.41, 5.74) is 18.9. The molecule has 350 valence electrons. The predicted molar refractivity (Wildman–Crippen MR) is 290 cm³/mol. The van der Waals surface area contributed by atoms with Gasteiger partial charge < -0.3 is 9.31 Å². The van der Waals surface area contributed by atoms with Crippen molar-refractivity contribution in [1.82, 2.24) is 0 Å². The molecule has 1 fully saturated rings. The van der Waals surface area contributed by atoms with Gasteiger partial charge in [-0.05, 0) is 171 Å². The van der Waals surface area contributed by atoms with Crippen molar-refractivity contribution in [2.45, 2.75) is 165 Å². The highest BCUT2D eigenvalue weighted by atomic mass is 16.7. The minimum atomic E-state index is -0.509. The van der Waals surface area contributed by atoms with Crippen LogP contribution in [-0.4, -0.2) is 18.3 Å². The molecular formula is C64H79BO2. The molecule has 4 aromatic carbocycles. The van der Waals surface area contributed by atoms with E-state index >= 15 is 0 Å². The average molecular weight is 891 g/mol. The summed E-state index contributed by atoms with van der Waals surface area (Å²) < 4.78 is 13.7. The molecule has 0 saturated carbocycles. The zero-order chi connectivity index (χ0) is 48.5. The zero-order valence-corrected chi connectivity index (χ0v) is 44.0. The second kappa shape index (κ2) is 17.7. The molecule has 2 nitrogen and oxygen atoms in total. The van der Waals surface area contributed by atoms with Gasteiger partial charge in [0.05, 0.1) is 11.2 Å². The Morgan fingerprint density at radius 2 is 0.896 bits per heavy atom. The molecule has 1 saturated heterocycles. The number of hydrogen-bond donors (Lipinski definition) is 0. The highest BCUT2D eigenvalue weighted by molar-refractivity contribution is 6.62. The van der Waals surface area contributed by atoms with E-state index in [0.717, 1.165) is 31.1 Å². The molecule has 4 aliphatic rings.